The molecule has 1 N–H and O–H groups in total. The van der Waals surface area contributed by atoms with Gasteiger partial charge in [0.2, 0.25) is 0 Å². The van der Waals surface area contributed by atoms with Crippen LogP contribution in [0.4, 0.5) is 19.0 Å². The molecule has 2 aliphatic heterocycles. The molecule has 2 aliphatic rings. The molecule has 3 heterocycles. The monoisotopic (exact) mass is 300 g/mol. The summed E-state index contributed by atoms with van der Waals surface area (Å²) in [6.45, 7) is 3.72. The zero-order valence-electron chi connectivity index (χ0n) is 11.8. The Morgan fingerprint density at radius 3 is 2.57 bits per heavy atom. The summed E-state index contributed by atoms with van der Waals surface area (Å²) in [7, 11) is 0. The smallest absolute Gasteiger partial charge is 0.355 e. The molecule has 1 aromatic heterocycles. The second-order valence-electron chi connectivity index (χ2n) is 6.08. The highest BCUT2D eigenvalue weighted by molar-refractivity contribution is 5.39. The lowest BCUT2D eigenvalue weighted by atomic mass is 9.74. The number of rotatable bonds is 1. The van der Waals surface area contributed by atoms with Crippen molar-refractivity contribution >= 4 is 5.82 Å². The van der Waals surface area contributed by atoms with Gasteiger partial charge in [0.05, 0.1) is 0 Å². The molecule has 3 rings (SSSR count). The number of nitrogens with one attached hydrogen (secondary N) is 1. The van der Waals surface area contributed by atoms with Gasteiger partial charge in [0, 0.05) is 25.0 Å². The van der Waals surface area contributed by atoms with Crippen molar-refractivity contribution in [1.29, 1.82) is 0 Å². The van der Waals surface area contributed by atoms with Crippen molar-refractivity contribution in [2.24, 2.45) is 5.41 Å². The minimum Gasteiger partial charge on any atom is -0.355 e. The first-order valence-electron chi connectivity index (χ1n) is 7.35. The number of nitrogens with zero attached hydrogens (tertiary/aromatic N) is 3. The van der Waals surface area contributed by atoms with E-state index in [0.29, 0.717) is 5.82 Å². The summed E-state index contributed by atoms with van der Waals surface area (Å²) in [5.41, 5.74) is -0.696. The van der Waals surface area contributed by atoms with Crippen LogP contribution < -0.4 is 10.2 Å². The van der Waals surface area contributed by atoms with Crippen LogP contribution in [-0.2, 0) is 6.18 Å². The van der Waals surface area contributed by atoms with Crippen molar-refractivity contribution in [3.8, 4) is 0 Å². The molecule has 1 aromatic rings. The van der Waals surface area contributed by atoms with E-state index in [1.165, 1.54) is 18.9 Å². The van der Waals surface area contributed by atoms with Crippen LogP contribution in [0.3, 0.4) is 0 Å². The van der Waals surface area contributed by atoms with Gasteiger partial charge in [0.1, 0.15) is 0 Å². The van der Waals surface area contributed by atoms with E-state index in [9.17, 15) is 13.2 Å². The molecular formula is C14H19F3N4. The molecular weight excluding hydrogens is 281 g/mol. The van der Waals surface area contributed by atoms with E-state index in [4.69, 9.17) is 0 Å². The molecule has 1 atom stereocenters. The van der Waals surface area contributed by atoms with Crippen LogP contribution in [0.2, 0.25) is 0 Å². The van der Waals surface area contributed by atoms with Crippen molar-refractivity contribution < 1.29 is 13.2 Å². The zero-order chi connectivity index (χ0) is 14.9. The van der Waals surface area contributed by atoms with E-state index in [2.05, 4.69) is 20.4 Å². The molecule has 7 heteroatoms. The molecule has 0 bridgehead atoms. The lowest BCUT2D eigenvalue weighted by molar-refractivity contribution is -0.141. The Bertz CT molecular complexity index is 474. The summed E-state index contributed by atoms with van der Waals surface area (Å²) < 4.78 is 37.6. The van der Waals surface area contributed by atoms with Gasteiger partial charge in [-0.2, -0.15) is 13.2 Å². The van der Waals surface area contributed by atoms with Gasteiger partial charge in [-0.3, -0.25) is 0 Å². The third-order valence-electron chi connectivity index (χ3n) is 4.49. The molecule has 1 spiro atoms. The molecule has 21 heavy (non-hydrogen) atoms. The van der Waals surface area contributed by atoms with E-state index in [1.807, 2.05) is 0 Å². The standard InChI is InChI=1S/C14H19F3N4/c15-14(16,17)11-3-4-12(20-19-11)21-8-2-6-13(10-21)5-1-7-18-9-13/h3-4,18H,1-2,5-10H2. The molecule has 4 nitrogen and oxygen atoms in total. The van der Waals surface area contributed by atoms with Crippen LogP contribution in [0, 0.1) is 5.41 Å². The number of alkyl halides is 3. The highest BCUT2D eigenvalue weighted by atomic mass is 19.4. The average Bonchev–Trinajstić information content (AvgIpc) is 2.47. The molecule has 2 fully saturated rings. The summed E-state index contributed by atoms with van der Waals surface area (Å²) in [4.78, 5) is 2.07. The maximum absolute atomic E-state index is 12.5. The molecule has 116 valence electrons. The summed E-state index contributed by atoms with van der Waals surface area (Å²) >= 11 is 0. The minimum absolute atomic E-state index is 0.237. The van der Waals surface area contributed by atoms with Gasteiger partial charge in [-0.05, 0) is 44.4 Å². The summed E-state index contributed by atoms with van der Waals surface area (Å²) in [6, 6.07) is 2.45. The predicted octanol–water partition coefficient (Wildman–Crippen LogP) is 2.47. The molecule has 0 aromatic carbocycles. The normalized spacial score (nSPS) is 27.1. The Kier molecular flexibility index (Phi) is 3.77. The first kappa shape index (κ1) is 14.6. The SMILES string of the molecule is FC(F)(F)c1ccc(N2CCCC3(CCCNC3)C2)nn1. The third-order valence-corrected chi connectivity index (χ3v) is 4.49. The fourth-order valence-electron chi connectivity index (χ4n) is 3.43. The van der Waals surface area contributed by atoms with E-state index >= 15 is 0 Å². The number of anilines is 1. The van der Waals surface area contributed by atoms with Crippen LogP contribution >= 0.6 is 0 Å². The van der Waals surface area contributed by atoms with Crippen molar-refractivity contribution in [3.63, 3.8) is 0 Å². The van der Waals surface area contributed by atoms with Gasteiger partial charge in [-0.25, -0.2) is 0 Å². The molecule has 0 aliphatic carbocycles. The van der Waals surface area contributed by atoms with Gasteiger partial charge >= 0.3 is 6.18 Å². The predicted molar refractivity (Wildman–Crippen MR) is 73.0 cm³/mol. The summed E-state index contributed by atoms with van der Waals surface area (Å²) in [5, 5.41) is 10.5. The Morgan fingerprint density at radius 2 is 1.95 bits per heavy atom. The second kappa shape index (κ2) is 5.44. The molecule has 2 saturated heterocycles. The van der Waals surface area contributed by atoms with E-state index in [1.54, 1.807) is 0 Å². The summed E-state index contributed by atoms with van der Waals surface area (Å²) in [6.07, 6.45) is 0.119. The van der Waals surface area contributed by atoms with Gasteiger partial charge in [0.25, 0.3) is 0 Å². The average molecular weight is 300 g/mol. The molecule has 1 unspecified atom stereocenters. The Balaban J connectivity index is 1.74. The van der Waals surface area contributed by atoms with Gasteiger partial charge in [-0.1, -0.05) is 0 Å². The van der Waals surface area contributed by atoms with Gasteiger partial charge < -0.3 is 10.2 Å². The zero-order valence-corrected chi connectivity index (χ0v) is 11.8. The first-order chi connectivity index (χ1) is 9.99. The van der Waals surface area contributed by atoms with Crippen molar-refractivity contribution in [2.45, 2.75) is 31.9 Å². The third kappa shape index (κ3) is 3.12. The highest BCUT2D eigenvalue weighted by Gasteiger charge is 2.37. The number of hydrogen-bond donors (Lipinski definition) is 1. The van der Waals surface area contributed by atoms with Crippen molar-refractivity contribution in [1.82, 2.24) is 15.5 Å². The van der Waals surface area contributed by atoms with Crippen molar-refractivity contribution in [3.05, 3.63) is 17.8 Å². The number of piperidine rings is 2. The quantitative estimate of drug-likeness (QED) is 0.865. The largest absolute Gasteiger partial charge is 0.435 e. The Labute approximate surface area is 121 Å². The maximum atomic E-state index is 12.5. The Hall–Kier alpha value is -1.37. The number of aromatic nitrogens is 2. The highest BCUT2D eigenvalue weighted by Crippen LogP contribution is 2.37. The van der Waals surface area contributed by atoms with Crippen LogP contribution in [0.5, 0.6) is 0 Å². The first-order valence-corrected chi connectivity index (χ1v) is 7.35. The van der Waals surface area contributed by atoms with Crippen molar-refractivity contribution in [2.75, 3.05) is 31.1 Å². The van der Waals surface area contributed by atoms with Gasteiger partial charge in [-0.15, -0.1) is 10.2 Å². The van der Waals surface area contributed by atoms with Crippen LogP contribution in [0.15, 0.2) is 12.1 Å². The second-order valence-corrected chi connectivity index (χ2v) is 6.08. The summed E-state index contributed by atoms with van der Waals surface area (Å²) in [5.74, 6) is 0.549. The van der Waals surface area contributed by atoms with E-state index < -0.39 is 11.9 Å². The lowest BCUT2D eigenvalue weighted by Crippen LogP contribution is -2.51. The molecule has 0 saturated carbocycles. The molecule has 0 amide bonds. The van der Waals surface area contributed by atoms with Crippen LogP contribution in [0.25, 0.3) is 0 Å². The fraction of sp³-hybridized carbons (Fsp3) is 0.714. The minimum atomic E-state index is -4.43. The fourth-order valence-corrected chi connectivity index (χ4v) is 3.43. The number of hydrogen-bond acceptors (Lipinski definition) is 4. The van der Waals surface area contributed by atoms with Gasteiger partial charge in [0.15, 0.2) is 11.5 Å². The lowest BCUT2D eigenvalue weighted by Gasteiger charge is -2.45. The number of halogens is 3. The Morgan fingerprint density at radius 1 is 1.14 bits per heavy atom. The molecule has 0 radical (unpaired) electrons. The van der Waals surface area contributed by atoms with Crippen LogP contribution in [0.1, 0.15) is 31.4 Å². The maximum Gasteiger partial charge on any atom is 0.435 e. The van der Waals surface area contributed by atoms with Crippen LogP contribution in [-0.4, -0.2) is 36.4 Å². The van der Waals surface area contributed by atoms with E-state index in [-0.39, 0.29) is 5.41 Å². The topological polar surface area (TPSA) is 41.0 Å². The van der Waals surface area contributed by atoms with E-state index in [0.717, 1.165) is 45.1 Å².